The molecule has 1 aromatic rings. The number of aromatic nitrogens is 2. The largest absolute Gasteiger partial charge is 0.371 e. The van der Waals surface area contributed by atoms with Gasteiger partial charge in [-0.3, -0.25) is 9.59 Å². The summed E-state index contributed by atoms with van der Waals surface area (Å²) in [7, 11) is 0. The normalized spacial score (nSPS) is 12.5. The molecule has 1 rings (SSSR count). The van der Waals surface area contributed by atoms with Crippen LogP contribution in [0.2, 0.25) is 0 Å². The number of rotatable bonds is 5. The Kier molecular flexibility index (Phi) is 4.89. The van der Waals surface area contributed by atoms with E-state index in [0.717, 1.165) is 0 Å². The number of carbonyl (C=O) groups excluding carboxylic acids is 1. The fraction of sp³-hybridized carbons (Fsp3) is 0.545. The molecule has 1 aromatic heterocycles. The van der Waals surface area contributed by atoms with Crippen LogP contribution in [0.4, 0.5) is 5.69 Å². The third kappa shape index (κ3) is 3.10. The third-order valence-corrected chi connectivity index (χ3v) is 3.33. The van der Waals surface area contributed by atoms with Crippen molar-refractivity contribution in [2.24, 2.45) is 11.7 Å². The van der Waals surface area contributed by atoms with Gasteiger partial charge in [0.1, 0.15) is 10.5 Å². The first kappa shape index (κ1) is 14.7. The summed E-state index contributed by atoms with van der Waals surface area (Å²) >= 11 is 3.21. The molecule has 0 saturated carbocycles. The van der Waals surface area contributed by atoms with Gasteiger partial charge in [0.25, 0.3) is 5.56 Å². The van der Waals surface area contributed by atoms with E-state index in [2.05, 4.69) is 26.3 Å². The second-order valence-corrected chi connectivity index (χ2v) is 5.05. The van der Waals surface area contributed by atoms with Crippen molar-refractivity contribution in [3.05, 3.63) is 21.0 Å². The molecule has 6 nitrogen and oxygen atoms in total. The summed E-state index contributed by atoms with van der Waals surface area (Å²) in [4.78, 5) is 23.1. The molecule has 0 aliphatic rings. The van der Waals surface area contributed by atoms with E-state index in [1.807, 2.05) is 20.8 Å². The zero-order valence-electron chi connectivity index (χ0n) is 10.6. The minimum absolute atomic E-state index is 0.0167. The number of aryl methyl sites for hydroxylation is 1. The lowest BCUT2D eigenvalue weighted by Gasteiger charge is -2.20. The van der Waals surface area contributed by atoms with E-state index in [1.54, 1.807) is 0 Å². The number of halogens is 1. The molecule has 0 saturated heterocycles. The zero-order valence-corrected chi connectivity index (χ0v) is 12.2. The molecule has 1 heterocycles. The molecule has 1 unspecified atom stereocenters. The van der Waals surface area contributed by atoms with Gasteiger partial charge in [-0.05, 0) is 28.8 Å². The van der Waals surface area contributed by atoms with Gasteiger partial charge in [0.15, 0.2) is 0 Å². The SMILES string of the molecule is CCn1ncc(NC(C(N)=O)C(C)C)c(Br)c1=O. The van der Waals surface area contributed by atoms with Crippen LogP contribution in [0.3, 0.4) is 0 Å². The van der Waals surface area contributed by atoms with E-state index in [1.165, 1.54) is 10.9 Å². The van der Waals surface area contributed by atoms with Crippen LogP contribution >= 0.6 is 15.9 Å². The van der Waals surface area contributed by atoms with Crippen LogP contribution in [0, 0.1) is 5.92 Å². The van der Waals surface area contributed by atoms with Gasteiger partial charge in [0, 0.05) is 6.54 Å². The van der Waals surface area contributed by atoms with Gasteiger partial charge in [-0.15, -0.1) is 0 Å². The van der Waals surface area contributed by atoms with E-state index < -0.39 is 11.9 Å². The molecule has 0 bridgehead atoms. The van der Waals surface area contributed by atoms with Gasteiger partial charge in [0.2, 0.25) is 5.91 Å². The number of primary amides is 1. The average molecular weight is 317 g/mol. The van der Waals surface area contributed by atoms with E-state index in [-0.39, 0.29) is 11.5 Å². The summed E-state index contributed by atoms with van der Waals surface area (Å²) in [5, 5.41) is 6.93. The molecule has 3 N–H and O–H groups in total. The Bertz CT molecular complexity index is 498. The Morgan fingerprint density at radius 3 is 2.67 bits per heavy atom. The minimum Gasteiger partial charge on any atom is -0.371 e. The number of hydrogen-bond donors (Lipinski definition) is 2. The first-order chi connectivity index (χ1) is 8.38. The molecule has 100 valence electrons. The standard InChI is InChI=1S/C11H17BrN4O2/c1-4-16-11(18)8(12)7(5-14-16)15-9(6(2)3)10(13)17/h5-6,9,15H,4H2,1-3H3,(H2,13,17). The topological polar surface area (TPSA) is 90.0 Å². The molecule has 0 fully saturated rings. The molecule has 0 spiro atoms. The van der Waals surface area contributed by atoms with Crippen molar-refractivity contribution >= 4 is 27.5 Å². The number of nitrogens with one attached hydrogen (secondary N) is 1. The number of carbonyl (C=O) groups is 1. The van der Waals surface area contributed by atoms with Crippen LogP contribution in [0.15, 0.2) is 15.5 Å². The van der Waals surface area contributed by atoms with Gasteiger partial charge in [-0.1, -0.05) is 13.8 Å². The van der Waals surface area contributed by atoms with Crippen LogP contribution in [0.5, 0.6) is 0 Å². The van der Waals surface area contributed by atoms with E-state index >= 15 is 0 Å². The second-order valence-electron chi connectivity index (χ2n) is 4.26. The molecule has 1 amide bonds. The fourth-order valence-corrected chi connectivity index (χ4v) is 1.95. The Labute approximate surface area is 114 Å². The summed E-state index contributed by atoms with van der Waals surface area (Å²) in [6.45, 7) is 6.06. The highest BCUT2D eigenvalue weighted by Gasteiger charge is 2.21. The number of amides is 1. The van der Waals surface area contributed by atoms with Crippen molar-refractivity contribution in [3.8, 4) is 0 Å². The Morgan fingerprint density at radius 1 is 1.61 bits per heavy atom. The number of anilines is 1. The molecule has 0 aromatic carbocycles. The second kappa shape index (κ2) is 5.99. The van der Waals surface area contributed by atoms with Gasteiger partial charge in [-0.25, -0.2) is 4.68 Å². The molecule has 0 aliphatic carbocycles. The summed E-state index contributed by atoms with van der Waals surface area (Å²) in [5.41, 5.74) is 5.54. The summed E-state index contributed by atoms with van der Waals surface area (Å²) in [6, 6.07) is -0.542. The number of nitrogens with two attached hydrogens (primary N) is 1. The van der Waals surface area contributed by atoms with Crippen molar-refractivity contribution in [1.82, 2.24) is 9.78 Å². The summed E-state index contributed by atoms with van der Waals surface area (Å²) < 4.78 is 1.68. The van der Waals surface area contributed by atoms with Gasteiger partial charge in [0.05, 0.1) is 11.9 Å². The molecular weight excluding hydrogens is 300 g/mol. The van der Waals surface area contributed by atoms with Gasteiger partial charge >= 0.3 is 0 Å². The highest BCUT2D eigenvalue weighted by molar-refractivity contribution is 9.10. The Balaban J connectivity index is 3.08. The first-order valence-electron chi connectivity index (χ1n) is 5.70. The molecule has 0 radical (unpaired) electrons. The molecule has 7 heteroatoms. The molecule has 0 aliphatic heterocycles. The van der Waals surface area contributed by atoms with Crippen LogP contribution < -0.4 is 16.6 Å². The highest BCUT2D eigenvalue weighted by Crippen LogP contribution is 2.19. The van der Waals surface area contributed by atoms with Crippen molar-refractivity contribution in [1.29, 1.82) is 0 Å². The minimum atomic E-state index is -0.542. The highest BCUT2D eigenvalue weighted by atomic mass is 79.9. The number of nitrogens with zero attached hydrogens (tertiary/aromatic N) is 2. The lowest BCUT2D eigenvalue weighted by atomic mass is 10.0. The Morgan fingerprint density at radius 2 is 2.22 bits per heavy atom. The lowest BCUT2D eigenvalue weighted by molar-refractivity contribution is -0.119. The molecule has 18 heavy (non-hydrogen) atoms. The average Bonchev–Trinajstić information content (AvgIpc) is 2.30. The molecule has 1 atom stereocenters. The van der Waals surface area contributed by atoms with Crippen molar-refractivity contribution in [2.45, 2.75) is 33.4 Å². The van der Waals surface area contributed by atoms with Crippen molar-refractivity contribution < 1.29 is 4.79 Å². The van der Waals surface area contributed by atoms with Crippen LogP contribution in [0.25, 0.3) is 0 Å². The zero-order chi connectivity index (χ0) is 13.9. The van der Waals surface area contributed by atoms with Crippen LogP contribution in [-0.2, 0) is 11.3 Å². The number of hydrogen-bond acceptors (Lipinski definition) is 4. The Hall–Kier alpha value is -1.37. The first-order valence-corrected chi connectivity index (χ1v) is 6.49. The maximum absolute atomic E-state index is 11.8. The molecular formula is C11H17BrN4O2. The monoisotopic (exact) mass is 316 g/mol. The van der Waals surface area contributed by atoms with Gasteiger partial charge in [-0.2, -0.15) is 5.10 Å². The predicted molar refractivity (Wildman–Crippen MR) is 73.3 cm³/mol. The van der Waals surface area contributed by atoms with E-state index in [9.17, 15) is 9.59 Å². The predicted octanol–water partition coefficient (Wildman–Crippen LogP) is 0.948. The summed E-state index contributed by atoms with van der Waals surface area (Å²) in [6.07, 6.45) is 1.51. The van der Waals surface area contributed by atoms with E-state index in [0.29, 0.717) is 16.7 Å². The van der Waals surface area contributed by atoms with Crippen molar-refractivity contribution in [3.63, 3.8) is 0 Å². The third-order valence-electron chi connectivity index (χ3n) is 2.57. The maximum Gasteiger partial charge on any atom is 0.283 e. The van der Waals surface area contributed by atoms with Crippen molar-refractivity contribution in [2.75, 3.05) is 5.32 Å². The van der Waals surface area contributed by atoms with Gasteiger partial charge < -0.3 is 11.1 Å². The summed E-state index contributed by atoms with van der Waals surface area (Å²) in [5.74, 6) is -0.445. The van der Waals surface area contributed by atoms with E-state index in [4.69, 9.17) is 5.73 Å². The van der Waals surface area contributed by atoms with Crippen LogP contribution in [-0.4, -0.2) is 21.7 Å². The van der Waals surface area contributed by atoms with Crippen LogP contribution in [0.1, 0.15) is 20.8 Å². The fourth-order valence-electron chi connectivity index (χ4n) is 1.52. The maximum atomic E-state index is 11.8. The lowest BCUT2D eigenvalue weighted by Crippen LogP contribution is -2.40. The smallest absolute Gasteiger partial charge is 0.283 e. The quantitative estimate of drug-likeness (QED) is 0.846.